The Balaban J connectivity index is 1.43. The van der Waals surface area contributed by atoms with Gasteiger partial charge in [-0.15, -0.1) is 0 Å². The maximum atomic E-state index is 13.3. The van der Waals surface area contributed by atoms with E-state index >= 15 is 0 Å². The number of nitrogens with one attached hydrogen (secondary N) is 1. The highest BCUT2D eigenvalue weighted by atomic mass is 19.1. The Bertz CT molecular complexity index is 891. The number of hydrogen-bond acceptors (Lipinski definition) is 4. The molecular weight excluding hydrogens is 371 g/mol. The monoisotopic (exact) mass is 396 g/mol. The standard InChI is InChI=1S/C23H25FN2O3/c1-15(19-4-2-3-5-20(19)17-6-8-18(24)9-7-17)22(27)25-23(28)29-21-14-16-10-12-26(21)13-11-16/h2-9,15-16,21H,10-14H2,1H3,(H,25,27,28). The molecule has 2 unspecified atom stereocenters. The highest BCUT2D eigenvalue weighted by molar-refractivity contribution is 5.96. The Morgan fingerprint density at radius 2 is 1.79 bits per heavy atom. The molecule has 3 fully saturated rings. The number of benzene rings is 2. The van der Waals surface area contributed by atoms with Crippen LogP contribution in [-0.4, -0.2) is 36.2 Å². The molecule has 3 heterocycles. The molecule has 2 atom stereocenters. The van der Waals surface area contributed by atoms with Crippen LogP contribution < -0.4 is 5.32 Å². The van der Waals surface area contributed by atoms with E-state index in [1.54, 1.807) is 19.1 Å². The smallest absolute Gasteiger partial charge is 0.415 e. The van der Waals surface area contributed by atoms with E-state index in [-0.39, 0.29) is 12.0 Å². The molecule has 6 heteroatoms. The molecule has 0 radical (unpaired) electrons. The Morgan fingerprint density at radius 1 is 1.10 bits per heavy atom. The molecule has 2 aromatic rings. The van der Waals surface area contributed by atoms with Gasteiger partial charge < -0.3 is 4.74 Å². The first kappa shape index (κ1) is 19.6. The van der Waals surface area contributed by atoms with E-state index < -0.39 is 17.9 Å². The van der Waals surface area contributed by atoms with Gasteiger partial charge in [0.25, 0.3) is 0 Å². The van der Waals surface area contributed by atoms with Crippen LogP contribution in [-0.2, 0) is 9.53 Å². The van der Waals surface area contributed by atoms with Gasteiger partial charge in [-0.2, -0.15) is 0 Å². The van der Waals surface area contributed by atoms with E-state index in [4.69, 9.17) is 4.74 Å². The average molecular weight is 396 g/mol. The van der Waals surface area contributed by atoms with Crippen molar-refractivity contribution >= 4 is 12.0 Å². The molecular formula is C23H25FN2O3. The van der Waals surface area contributed by atoms with Gasteiger partial charge in [0.15, 0.2) is 6.23 Å². The first-order chi connectivity index (χ1) is 14.0. The molecule has 3 saturated heterocycles. The number of nitrogens with zero attached hydrogens (tertiary/aromatic N) is 1. The van der Waals surface area contributed by atoms with Gasteiger partial charge in [0, 0.05) is 19.5 Å². The van der Waals surface area contributed by atoms with Crippen molar-refractivity contribution in [1.29, 1.82) is 0 Å². The quantitative estimate of drug-likeness (QED) is 0.838. The van der Waals surface area contributed by atoms with Gasteiger partial charge in [0.1, 0.15) is 5.82 Å². The summed E-state index contributed by atoms with van der Waals surface area (Å²) in [6, 6.07) is 13.6. The van der Waals surface area contributed by atoms with Gasteiger partial charge in [0.05, 0.1) is 5.92 Å². The lowest BCUT2D eigenvalue weighted by atomic mass is 9.87. The zero-order chi connectivity index (χ0) is 20.4. The number of carbonyl (C=O) groups excluding carboxylic acids is 2. The number of amides is 2. The molecule has 2 bridgehead atoms. The second kappa shape index (κ2) is 8.33. The maximum absolute atomic E-state index is 13.3. The van der Waals surface area contributed by atoms with Crippen molar-refractivity contribution in [3.8, 4) is 11.1 Å². The highest BCUT2D eigenvalue weighted by Crippen LogP contribution is 2.32. The minimum Gasteiger partial charge on any atom is -0.430 e. The summed E-state index contributed by atoms with van der Waals surface area (Å²) in [6.45, 7) is 3.63. The number of piperidine rings is 3. The van der Waals surface area contributed by atoms with Crippen molar-refractivity contribution in [1.82, 2.24) is 10.2 Å². The number of carbonyl (C=O) groups is 2. The predicted molar refractivity (Wildman–Crippen MR) is 108 cm³/mol. The summed E-state index contributed by atoms with van der Waals surface area (Å²) < 4.78 is 18.8. The van der Waals surface area contributed by atoms with Crippen molar-refractivity contribution in [2.75, 3.05) is 13.1 Å². The van der Waals surface area contributed by atoms with Gasteiger partial charge >= 0.3 is 6.09 Å². The molecule has 152 valence electrons. The fraction of sp³-hybridized carbons (Fsp3) is 0.391. The van der Waals surface area contributed by atoms with Gasteiger partial charge in [-0.3, -0.25) is 15.0 Å². The van der Waals surface area contributed by atoms with E-state index in [0.717, 1.165) is 49.0 Å². The van der Waals surface area contributed by atoms with Crippen molar-refractivity contribution in [3.05, 3.63) is 59.9 Å². The van der Waals surface area contributed by atoms with Crippen LogP contribution in [0.1, 0.15) is 37.7 Å². The third-order valence-corrected chi connectivity index (χ3v) is 6.04. The number of fused-ring (bicyclic) bond motifs is 3. The van der Waals surface area contributed by atoms with Crippen LogP contribution in [0.25, 0.3) is 11.1 Å². The lowest BCUT2D eigenvalue weighted by Gasteiger charge is -2.44. The molecule has 1 N–H and O–H groups in total. The van der Waals surface area contributed by atoms with E-state index in [1.165, 1.54) is 12.1 Å². The third kappa shape index (κ3) is 4.32. The number of halogens is 1. The first-order valence-corrected chi connectivity index (χ1v) is 10.1. The van der Waals surface area contributed by atoms with Crippen molar-refractivity contribution in [2.45, 2.75) is 38.3 Å². The van der Waals surface area contributed by atoms with Crippen LogP contribution in [0.5, 0.6) is 0 Å². The third-order valence-electron chi connectivity index (χ3n) is 6.04. The van der Waals surface area contributed by atoms with Crippen molar-refractivity contribution < 1.29 is 18.7 Å². The largest absolute Gasteiger partial charge is 0.430 e. The molecule has 3 aliphatic heterocycles. The first-order valence-electron chi connectivity index (χ1n) is 10.1. The number of ether oxygens (including phenoxy) is 1. The lowest BCUT2D eigenvalue weighted by Crippen LogP contribution is -2.51. The second-order valence-electron chi connectivity index (χ2n) is 7.88. The summed E-state index contributed by atoms with van der Waals surface area (Å²) in [5.74, 6) is -0.686. The fourth-order valence-electron chi connectivity index (χ4n) is 4.30. The lowest BCUT2D eigenvalue weighted by molar-refractivity contribution is -0.123. The minimum atomic E-state index is -0.696. The fourth-order valence-corrected chi connectivity index (χ4v) is 4.30. The van der Waals surface area contributed by atoms with Gasteiger partial charge in [-0.1, -0.05) is 36.4 Å². The van der Waals surface area contributed by atoms with Crippen molar-refractivity contribution in [2.24, 2.45) is 5.92 Å². The number of rotatable bonds is 4. The zero-order valence-electron chi connectivity index (χ0n) is 16.4. The highest BCUT2D eigenvalue weighted by Gasteiger charge is 2.36. The number of alkyl carbamates (subject to hydrolysis) is 1. The molecule has 2 amide bonds. The summed E-state index contributed by atoms with van der Waals surface area (Å²) in [7, 11) is 0. The summed E-state index contributed by atoms with van der Waals surface area (Å²) in [6.07, 6.45) is 2.20. The van der Waals surface area contributed by atoms with E-state index in [2.05, 4.69) is 10.2 Å². The van der Waals surface area contributed by atoms with Gasteiger partial charge in [-0.05, 0) is 54.5 Å². The van der Waals surface area contributed by atoms with Crippen molar-refractivity contribution in [3.63, 3.8) is 0 Å². The van der Waals surface area contributed by atoms with Gasteiger partial charge in [-0.25, -0.2) is 9.18 Å². The Hall–Kier alpha value is -2.73. The number of imide groups is 1. The van der Waals surface area contributed by atoms with E-state index in [9.17, 15) is 14.0 Å². The predicted octanol–water partition coefficient (Wildman–Crippen LogP) is 4.29. The molecule has 0 saturated carbocycles. The zero-order valence-corrected chi connectivity index (χ0v) is 16.4. The Labute approximate surface area is 169 Å². The maximum Gasteiger partial charge on any atom is 0.415 e. The summed E-state index contributed by atoms with van der Waals surface area (Å²) in [5.41, 5.74) is 2.42. The normalized spacial score (nSPS) is 24.0. The van der Waals surface area contributed by atoms with Crippen LogP contribution in [0.2, 0.25) is 0 Å². The topological polar surface area (TPSA) is 58.6 Å². The molecule has 0 spiro atoms. The summed E-state index contributed by atoms with van der Waals surface area (Å²) in [5, 5.41) is 2.39. The summed E-state index contributed by atoms with van der Waals surface area (Å²) in [4.78, 5) is 27.2. The number of hydrogen-bond donors (Lipinski definition) is 1. The molecule has 2 aromatic carbocycles. The van der Waals surface area contributed by atoms with Crippen LogP contribution in [0.4, 0.5) is 9.18 Å². The second-order valence-corrected chi connectivity index (χ2v) is 7.88. The molecule has 0 aromatic heterocycles. The minimum absolute atomic E-state index is 0.239. The van der Waals surface area contributed by atoms with Crippen LogP contribution in [0, 0.1) is 11.7 Å². The average Bonchev–Trinajstić information content (AvgIpc) is 2.74. The van der Waals surface area contributed by atoms with E-state index in [1.807, 2.05) is 24.3 Å². The Morgan fingerprint density at radius 3 is 2.45 bits per heavy atom. The molecule has 0 aliphatic carbocycles. The Kier molecular flexibility index (Phi) is 5.62. The van der Waals surface area contributed by atoms with Crippen LogP contribution >= 0.6 is 0 Å². The van der Waals surface area contributed by atoms with Crippen LogP contribution in [0.3, 0.4) is 0 Å². The molecule has 29 heavy (non-hydrogen) atoms. The molecule has 5 nitrogen and oxygen atoms in total. The van der Waals surface area contributed by atoms with Gasteiger partial charge in [0.2, 0.25) is 5.91 Å². The molecule has 5 rings (SSSR count). The SMILES string of the molecule is CC(C(=O)NC(=O)OC1CC2CCN1CC2)c1ccccc1-c1ccc(F)cc1. The van der Waals surface area contributed by atoms with Crippen LogP contribution in [0.15, 0.2) is 48.5 Å². The summed E-state index contributed by atoms with van der Waals surface area (Å²) >= 11 is 0. The molecule has 3 aliphatic rings. The van der Waals surface area contributed by atoms with E-state index in [0.29, 0.717) is 5.92 Å².